The highest BCUT2D eigenvalue weighted by Crippen LogP contribution is 2.27. The minimum Gasteiger partial charge on any atom is -0.497 e. The van der Waals surface area contributed by atoms with Gasteiger partial charge in [0.05, 0.1) is 13.7 Å². The summed E-state index contributed by atoms with van der Waals surface area (Å²) in [7, 11) is 5.30. The van der Waals surface area contributed by atoms with Gasteiger partial charge in [0.1, 0.15) is 11.6 Å². The zero-order valence-electron chi connectivity index (χ0n) is 12.2. The Hall–Kier alpha value is -1.85. The quantitative estimate of drug-likeness (QED) is 0.868. The lowest BCUT2D eigenvalue weighted by molar-refractivity contribution is 0.181. The van der Waals surface area contributed by atoms with Crippen LogP contribution >= 0.6 is 0 Å². The van der Waals surface area contributed by atoms with Crippen LogP contribution in [0.25, 0.3) is 10.8 Å². The standard InChI is InChI=1S/C15H21N3O2/c1-18(9-12(16)10-19-2)15-14-8-13(20-3)5-4-11(14)6-7-17-15/h4-8,12H,9-10,16H2,1-3H3. The second-order valence-electron chi connectivity index (χ2n) is 4.82. The molecule has 0 bridgehead atoms. The maximum absolute atomic E-state index is 6.00. The van der Waals surface area contributed by atoms with Gasteiger partial charge in [-0.1, -0.05) is 6.07 Å². The molecule has 2 aromatic rings. The normalized spacial score (nSPS) is 12.4. The summed E-state index contributed by atoms with van der Waals surface area (Å²) in [5.74, 6) is 1.72. The number of ether oxygens (including phenoxy) is 2. The number of methoxy groups -OCH3 is 2. The van der Waals surface area contributed by atoms with E-state index in [0.717, 1.165) is 22.3 Å². The van der Waals surface area contributed by atoms with E-state index in [1.165, 1.54) is 0 Å². The summed E-state index contributed by atoms with van der Waals surface area (Å²) < 4.78 is 10.4. The molecule has 5 nitrogen and oxygen atoms in total. The first-order valence-corrected chi connectivity index (χ1v) is 6.54. The molecule has 0 fully saturated rings. The van der Waals surface area contributed by atoms with Crippen molar-refractivity contribution in [1.29, 1.82) is 0 Å². The number of hydrogen-bond donors (Lipinski definition) is 1. The third kappa shape index (κ3) is 3.18. The van der Waals surface area contributed by atoms with Gasteiger partial charge < -0.3 is 20.1 Å². The van der Waals surface area contributed by atoms with Gasteiger partial charge in [0, 0.05) is 38.3 Å². The van der Waals surface area contributed by atoms with E-state index in [0.29, 0.717) is 13.2 Å². The molecule has 1 aromatic heterocycles. The average molecular weight is 275 g/mol. The van der Waals surface area contributed by atoms with Crippen LogP contribution in [0.15, 0.2) is 30.5 Å². The molecule has 1 heterocycles. The van der Waals surface area contributed by atoms with Crippen LogP contribution in [0.3, 0.4) is 0 Å². The molecule has 108 valence electrons. The van der Waals surface area contributed by atoms with Crippen molar-refractivity contribution in [3.05, 3.63) is 30.5 Å². The van der Waals surface area contributed by atoms with Crippen molar-refractivity contribution >= 4 is 16.6 Å². The van der Waals surface area contributed by atoms with E-state index >= 15 is 0 Å². The average Bonchev–Trinajstić information content (AvgIpc) is 2.46. The van der Waals surface area contributed by atoms with Gasteiger partial charge in [0.2, 0.25) is 0 Å². The number of nitrogens with two attached hydrogens (primary N) is 1. The summed E-state index contributed by atoms with van der Waals surface area (Å²) in [5, 5.41) is 2.18. The van der Waals surface area contributed by atoms with Crippen molar-refractivity contribution < 1.29 is 9.47 Å². The third-order valence-electron chi connectivity index (χ3n) is 3.20. The molecular formula is C15H21N3O2. The van der Waals surface area contributed by atoms with Gasteiger partial charge in [0.15, 0.2) is 0 Å². The van der Waals surface area contributed by atoms with Crippen molar-refractivity contribution in [2.24, 2.45) is 5.73 Å². The third-order valence-corrected chi connectivity index (χ3v) is 3.20. The van der Waals surface area contributed by atoms with E-state index in [1.54, 1.807) is 14.2 Å². The van der Waals surface area contributed by atoms with Gasteiger partial charge in [-0.2, -0.15) is 0 Å². The Morgan fingerprint density at radius 2 is 2.10 bits per heavy atom. The van der Waals surface area contributed by atoms with Gasteiger partial charge in [0.25, 0.3) is 0 Å². The summed E-state index contributed by atoms with van der Waals surface area (Å²) in [6.45, 7) is 1.20. The van der Waals surface area contributed by atoms with Gasteiger partial charge in [-0.15, -0.1) is 0 Å². The van der Waals surface area contributed by atoms with Crippen molar-refractivity contribution in [2.75, 3.05) is 39.3 Å². The molecule has 0 aliphatic rings. The second-order valence-corrected chi connectivity index (χ2v) is 4.82. The van der Waals surface area contributed by atoms with Crippen molar-refractivity contribution in [2.45, 2.75) is 6.04 Å². The molecule has 0 aliphatic carbocycles. The van der Waals surface area contributed by atoms with Crippen LogP contribution in [-0.2, 0) is 4.74 Å². The number of nitrogens with zero attached hydrogens (tertiary/aromatic N) is 2. The zero-order valence-corrected chi connectivity index (χ0v) is 12.2. The molecule has 0 amide bonds. The first-order chi connectivity index (χ1) is 9.65. The lowest BCUT2D eigenvalue weighted by Crippen LogP contribution is -2.38. The van der Waals surface area contributed by atoms with E-state index in [4.69, 9.17) is 15.2 Å². The fourth-order valence-electron chi connectivity index (χ4n) is 2.27. The molecule has 1 aromatic carbocycles. The Morgan fingerprint density at radius 3 is 2.80 bits per heavy atom. The number of pyridine rings is 1. The van der Waals surface area contributed by atoms with Crippen LogP contribution in [0, 0.1) is 0 Å². The predicted molar refractivity (Wildman–Crippen MR) is 81.4 cm³/mol. The topological polar surface area (TPSA) is 60.6 Å². The summed E-state index contributed by atoms with van der Waals surface area (Å²) in [5.41, 5.74) is 6.00. The van der Waals surface area contributed by atoms with Gasteiger partial charge in [-0.3, -0.25) is 0 Å². The van der Waals surface area contributed by atoms with Crippen LogP contribution in [0.1, 0.15) is 0 Å². The van der Waals surface area contributed by atoms with Crippen LogP contribution in [0.4, 0.5) is 5.82 Å². The molecule has 2 N–H and O–H groups in total. The van der Waals surface area contributed by atoms with E-state index in [1.807, 2.05) is 42.4 Å². The van der Waals surface area contributed by atoms with Gasteiger partial charge >= 0.3 is 0 Å². The summed E-state index contributed by atoms with van der Waals surface area (Å²) >= 11 is 0. The van der Waals surface area contributed by atoms with Crippen molar-refractivity contribution in [3.63, 3.8) is 0 Å². The molecule has 20 heavy (non-hydrogen) atoms. The Kier molecular flexibility index (Phi) is 4.76. The number of anilines is 1. The number of fused-ring (bicyclic) bond motifs is 1. The van der Waals surface area contributed by atoms with E-state index in [9.17, 15) is 0 Å². The van der Waals surface area contributed by atoms with Crippen molar-refractivity contribution in [3.8, 4) is 5.75 Å². The fourth-order valence-corrected chi connectivity index (χ4v) is 2.27. The van der Waals surface area contributed by atoms with Gasteiger partial charge in [-0.25, -0.2) is 4.98 Å². The first kappa shape index (κ1) is 14.6. The van der Waals surface area contributed by atoms with Gasteiger partial charge in [-0.05, 0) is 23.6 Å². The highest BCUT2D eigenvalue weighted by molar-refractivity contribution is 5.93. The van der Waals surface area contributed by atoms with Crippen LogP contribution in [0.5, 0.6) is 5.75 Å². The van der Waals surface area contributed by atoms with E-state index < -0.39 is 0 Å². The number of rotatable bonds is 6. The fraction of sp³-hybridized carbons (Fsp3) is 0.400. The highest BCUT2D eigenvalue weighted by Gasteiger charge is 2.12. The predicted octanol–water partition coefficient (Wildman–Crippen LogP) is 1.65. The molecule has 1 unspecified atom stereocenters. The number of aromatic nitrogens is 1. The Balaban J connectivity index is 2.32. The van der Waals surface area contributed by atoms with Crippen LogP contribution in [-0.4, -0.2) is 45.4 Å². The minimum absolute atomic E-state index is 0.0485. The summed E-state index contributed by atoms with van der Waals surface area (Å²) in [6.07, 6.45) is 1.81. The Bertz CT molecular complexity index is 574. The lowest BCUT2D eigenvalue weighted by atomic mass is 10.1. The molecule has 0 saturated carbocycles. The van der Waals surface area contributed by atoms with Crippen molar-refractivity contribution in [1.82, 2.24) is 4.98 Å². The SMILES string of the molecule is COCC(N)CN(C)c1nccc2ccc(OC)cc12. The Labute approximate surface area is 119 Å². The smallest absolute Gasteiger partial charge is 0.136 e. The molecule has 0 spiro atoms. The maximum atomic E-state index is 6.00. The monoisotopic (exact) mass is 275 g/mol. The Morgan fingerprint density at radius 1 is 1.30 bits per heavy atom. The zero-order chi connectivity index (χ0) is 14.5. The van der Waals surface area contributed by atoms with Crippen LogP contribution < -0.4 is 15.4 Å². The number of likely N-dealkylation sites (N-methyl/N-ethyl adjacent to an activating group) is 1. The second kappa shape index (κ2) is 6.54. The minimum atomic E-state index is -0.0485. The maximum Gasteiger partial charge on any atom is 0.136 e. The van der Waals surface area contributed by atoms with E-state index in [-0.39, 0.29) is 6.04 Å². The molecule has 0 saturated heterocycles. The first-order valence-electron chi connectivity index (χ1n) is 6.54. The molecule has 5 heteroatoms. The largest absolute Gasteiger partial charge is 0.497 e. The molecule has 0 aliphatic heterocycles. The molecule has 2 rings (SSSR count). The molecule has 0 radical (unpaired) electrons. The molecular weight excluding hydrogens is 254 g/mol. The molecule has 1 atom stereocenters. The lowest BCUT2D eigenvalue weighted by Gasteiger charge is -2.23. The highest BCUT2D eigenvalue weighted by atomic mass is 16.5. The van der Waals surface area contributed by atoms with E-state index in [2.05, 4.69) is 4.98 Å². The number of hydrogen-bond acceptors (Lipinski definition) is 5. The van der Waals surface area contributed by atoms with Crippen LogP contribution in [0.2, 0.25) is 0 Å². The number of benzene rings is 1. The summed E-state index contributed by atoms with van der Waals surface area (Å²) in [6, 6.07) is 7.91. The summed E-state index contributed by atoms with van der Waals surface area (Å²) in [4.78, 5) is 6.52.